The van der Waals surface area contributed by atoms with E-state index in [0.717, 1.165) is 12.1 Å². The quantitative estimate of drug-likeness (QED) is 0.722. The summed E-state index contributed by atoms with van der Waals surface area (Å²) < 4.78 is 0. The molecule has 0 bridgehead atoms. The van der Waals surface area contributed by atoms with Crippen LogP contribution in [-0.4, -0.2) is 17.4 Å². The Labute approximate surface area is 95.8 Å². The number of hydrogen-bond donors (Lipinski definition) is 2. The van der Waals surface area contributed by atoms with E-state index in [1.54, 1.807) is 18.3 Å². The maximum Gasteiger partial charge on any atom is 0.225 e. The summed E-state index contributed by atoms with van der Waals surface area (Å²) in [6.45, 7) is 6.28. The van der Waals surface area contributed by atoms with Crippen LogP contribution in [0.3, 0.4) is 0 Å². The SMILES string of the molecule is C=CCNc1ccc(NC(=O)CCC)nc1. The van der Waals surface area contributed by atoms with Crippen LogP contribution >= 0.6 is 0 Å². The fourth-order valence-corrected chi connectivity index (χ4v) is 1.19. The van der Waals surface area contributed by atoms with Gasteiger partial charge in [0.15, 0.2) is 0 Å². The molecule has 1 heterocycles. The molecular formula is C12H17N3O. The zero-order valence-corrected chi connectivity index (χ0v) is 9.49. The van der Waals surface area contributed by atoms with Crippen molar-refractivity contribution in [2.45, 2.75) is 19.8 Å². The van der Waals surface area contributed by atoms with Crippen LogP contribution in [0.15, 0.2) is 31.0 Å². The highest BCUT2D eigenvalue weighted by molar-refractivity contribution is 5.89. The average Bonchev–Trinajstić information content (AvgIpc) is 2.28. The highest BCUT2D eigenvalue weighted by Crippen LogP contribution is 2.09. The molecule has 1 rings (SSSR count). The lowest BCUT2D eigenvalue weighted by Gasteiger charge is -2.05. The van der Waals surface area contributed by atoms with E-state index < -0.39 is 0 Å². The molecule has 1 amide bonds. The number of hydrogen-bond acceptors (Lipinski definition) is 3. The van der Waals surface area contributed by atoms with Crippen molar-refractivity contribution in [2.24, 2.45) is 0 Å². The van der Waals surface area contributed by atoms with Crippen LogP contribution in [0.5, 0.6) is 0 Å². The molecule has 4 nitrogen and oxygen atoms in total. The average molecular weight is 219 g/mol. The number of aromatic nitrogens is 1. The minimum Gasteiger partial charge on any atom is -0.380 e. The molecule has 1 aromatic rings. The number of anilines is 2. The third kappa shape index (κ3) is 4.13. The van der Waals surface area contributed by atoms with Gasteiger partial charge in [0.05, 0.1) is 11.9 Å². The fraction of sp³-hybridized carbons (Fsp3) is 0.333. The van der Waals surface area contributed by atoms with Crippen LogP contribution in [-0.2, 0) is 4.79 Å². The molecule has 1 aromatic heterocycles. The summed E-state index contributed by atoms with van der Waals surface area (Å²) in [5.74, 6) is 0.587. The number of amides is 1. The summed E-state index contributed by atoms with van der Waals surface area (Å²) in [6.07, 6.45) is 4.82. The zero-order chi connectivity index (χ0) is 11.8. The van der Waals surface area contributed by atoms with Crippen LogP contribution in [0.25, 0.3) is 0 Å². The van der Waals surface area contributed by atoms with Gasteiger partial charge >= 0.3 is 0 Å². The molecule has 4 heteroatoms. The van der Waals surface area contributed by atoms with E-state index in [0.29, 0.717) is 18.8 Å². The standard InChI is InChI=1S/C12H17N3O/c1-3-5-12(16)15-11-7-6-10(9-14-11)13-8-4-2/h4,6-7,9,13H,2-3,5,8H2,1H3,(H,14,15,16). The molecule has 0 fully saturated rings. The monoisotopic (exact) mass is 219 g/mol. The second-order valence-corrected chi connectivity index (χ2v) is 3.40. The van der Waals surface area contributed by atoms with E-state index in [9.17, 15) is 4.79 Å². The third-order valence-corrected chi connectivity index (χ3v) is 1.96. The largest absolute Gasteiger partial charge is 0.380 e. The maximum absolute atomic E-state index is 11.3. The van der Waals surface area contributed by atoms with Gasteiger partial charge in [-0.1, -0.05) is 13.0 Å². The number of nitrogens with zero attached hydrogens (tertiary/aromatic N) is 1. The molecule has 86 valence electrons. The first kappa shape index (κ1) is 12.2. The molecule has 0 aliphatic rings. The van der Waals surface area contributed by atoms with Crippen molar-refractivity contribution in [1.82, 2.24) is 4.98 Å². The van der Waals surface area contributed by atoms with Gasteiger partial charge in [0.2, 0.25) is 5.91 Å². The Hall–Kier alpha value is -1.84. The van der Waals surface area contributed by atoms with Crippen molar-refractivity contribution in [3.8, 4) is 0 Å². The predicted octanol–water partition coefficient (Wildman–Crippen LogP) is 2.42. The molecule has 0 spiro atoms. The summed E-state index contributed by atoms with van der Waals surface area (Å²) in [7, 11) is 0. The van der Waals surface area contributed by atoms with E-state index in [1.807, 2.05) is 13.0 Å². The third-order valence-electron chi connectivity index (χ3n) is 1.96. The normalized spacial score (nSPS) is 9.56. The van der Waals surface area contributed by atoms with Crippen LogP contribution < -0.4 is 10.6 Å². The Balaban J connectivity index is 2.50. The van der Waals surface area contributed by atoms with Crippen LogP contribution in [0.4, 0.5) is 11.5 Å². The first-order valence-electron chi connectivity index (χ1n) is 5.37. The van der Waals surface area contributed by atoms with Crippen molar-refractivity contribution in [3.63, 3.8) is 0 Å². The molecule has 0 saturated carbocycles. The van der Waals surface area contributed by atoms with Gasteiger partial charge in [-0.2, -0.15) is 0 Å². The van der Waals surface area contributed by atoms with Crippen molar-refractivity contribution in [1.29, 1.82) is 0 Å². The summed E-state index contributed by atoms with van der Waals surface area (Å²) in [5.41, 5.74) is 0.911. The molecule has 0 radical (unpaired) electrons. The van der Waals surface area contributed by atoms with Gasteiger partial charge in [-0.05, 0) is 18.6 Å². The summed E-state index contributed by atoms with van der Waals surface area (Å²) in [6, 6.07) is 3.65. The molecular weight excluding hydrogens is 202 g/mol. The number of carbonyl (C=O) groups is 1. The highest BCUT2D eigenvalue weighted by Gasteiger charge is 2.01. The maximum atomic E-state index is 11.3. The number of pyridine rings is 1. The number of carbonyl (C=O) groups excluding carboxylic acids is 1. The van der Waals surface area contributed by atoms with E-state index in [-0.39, 0.29) is 5.91 Å². The minimum absolute atomic E-state index is 0.00167. The second kappa shape index (κ2) is 6.61. The Kier molecular flexibility index (Phi) is 5.05. The smallest absolute Gasteiger partial charge is 0.225 e. The van der Waals surface area contributed by atoms with Gasteiger partial charge in [0.1, 0.15) is 5.82 Å². The lowest BCUT2D eigenvalue weighted by atomic mass is 10.3. The topological polar surface area (TPSA) is 54.0 Å². The van der Waals surface area contributed by atoms with Gasteiger partial charge in [-0.15, -0.1) is 6.58 Å². The van der Waals surface area contributed by atoms with Crippen molar-refractivity contribution >= 4 is 17.4 Å². The first-order valence-corrected chi connectivity index (χ1v) is 5.37. The highest BCUT2D eigenvalue weighted by atomic mass is 16.1. The molecule has 16 heavy (non-hydrogen) atoms. The molecule has 0 unspecified atom stereocenters. The second-order valence-electron chi connectivity index (χ2n) is 3.40. The summed E-state index contributed by atoms with van der Waals surface area (Å²) in [4.78, 5) is 15.4. The molecule has 0 atom stereocenters. The number of nitrogens with one attached hydrogen (secondary N) is 2. The van der Waals surface area contributed by atoms with Gasteiger partial charge in [0, 0.05) is 13.0 Å². The molecule has 2 N–H and O–H groups in total. The van der Waals surface area contributed by atoms with Gasteiger partial charge < -0.3 is 10.6 Å². The Morgan fingerprint density at radius 1 is 1.56 bits per heavy atom. The summed E-state index contributed by atoms with van der Waals surface area (Å²) >= 11 is 0. The van der Waals surface area contributed by atoms with Crippen molar-refractivity contribution in [2.75, 3.05) is 17.2 Å². The van der Waals surface area contributed by atoms with Crippen LogP contribution in [0.2, 0.25) is 0 Å². The Bertz CT molecular complexity index is 346. The van der Waals surface area contributed by atoms with Gasteiger partial charge in [-0.3, -0.25) is 4.79 Å². The van der Waals surface area contributed by atoms with Crippen LogP contribution in [0, 0.1) is 0 Å². The lowest BCUT2D eigenvalue weighted by molar-refractivity contribution is -0.116. The first-order chi connectivity index (χ1) is 7.76. The predicted molar refractivity (Wildman–Crippen MR) is 66.5 cm³/mol. The molecule has 0 saturated heterocycles. The molecule has 0 aromatic carbocycles. The molecule has 0 aliphatic heterocycles. The Morgan fingerprint density at radius 3 is 2.94 bits per heavy atom. The van der Waals surface area contributed by atoms with E-state index >= 15 is 0 Å². The minimum atomic E-state index is 0.00167. The molecule has 0 aliphatic carbocycles. The van der Waals surface area contributed by atoms with Crippen molar-refractivity contribution < 1.29 is 4.79 Å². The van der Waals surface area contributed by atoms with Gasteiger partial charge in [-0.25, -0.2) is 4.98 Å². The van der Waals surface area contributed by atoms with Gasteiger partial charge in [0.25, 0.3) is 0 Å². The lowest BCUT2D eigenvalue weighted by Crippen LogP contribution is -2.11. The number of rotatable bonds is 6. The van der Waals surface area contributed by atoms with E-state index in [4.69, 9.17) is 0 Å². The van der Waals surface area contributed by atoms with Crippen molar-refractivity contribution in [3.05, 3.63) is 31.0 Å². The fourth-order valence-electron chi connectivity index (χ4n) is 1.19. The van der Waals surface area contributed by atoms with E-state index in [1.165, 1.54) is 0 Å². The zero-order valence-electron chi connectivity index (χ0n) is 9.49. The van der Waals surface area contributed by atoms with Crippen LogP contribution in [0.1, 0.15) is 19.8 Å². The van der Waals surface area contributed by atoms with E-state index in [2.05, 4.69) is 22.2 Å². The summed E-state index contributed by atoms with van der Waals surface area (Å²) in [5, 5.41) is 5.83. The Morgan fingerprint density at radius 2 is 2.38 bits per heavy atom.